The fourth-order valence-electron chi connectivity index (χ4n) is 2.48. The van der Waals surface area contributed by atoms with E-state index in [0.29, 0.717) is 5.56 Å². The van der Waals surface area contributed by atoms with Crippen molar-refractivity contribution in [1.29, 1.82) is 0 Å². The van der Waals surface area contributed by atoms with E-state index in [2.05, 4.69) is 10.3 Å². The number of anilines is 1. The summed E-state index contributed by atoms with van der Waals surface area (Å²) in [6.07, 6.45) is -0.0755. The van der Waals surface area contributed by atoms with Crippen LogP contribution in [0.15, 0.2) is 59.9 Å². The van der Waals surface area contributed by atoms with Crippen molar-refractivity contribution in [2.75, 3.05) is 5.32 Å². The van der Waals surface area contributed by atoms with E-state index in [0.717, 1.165) is 12.1 Å². The number of imidazole rings is 1. The molecule has 2 heterocycles. The molecule has 1 aromatic carbocycles. The predicted octanol–water partition coefficient (Wildman–Crippen LogP) is 2.90. The monoisotopic (exact) mass is 376 g/mol. The second-order valence-corrected chi connectivity index (χ2v) is 5.95. The summed E-state index contributed by atoms with van der Waals surface area (Å²) in [5, 5.41) is 2.58. The largest absolute Gasteiger partial charge is 0.416 e. The highest BCUT2D eigenvalue weighted by atomic mass is 19.4. The second kappa shape index (κ2) is 7.10. The predicted molar refractivity (Wildman–Crippen MR) is 92.4 cm³/mol. The van der Waals surface area contributed by atoms with Crippen LogP contribution in [-0.2, 0) is 19.8 Å². The van der Waals surface area contributed by atoms with E-state index in [1.165, 1.54) is 48.5 Å². The third-order valence-corrected chi connectivity index (χ3v) is 3.84. The summed E-state index contributed by atoms with van der Waals surface area (Å²) >= 11 is 0. The number of nitrogens with one attached hydrogen (secondary N) is 1. The average Bonchev–Trinajstić information content (AvgIpc) is 3.03. The molecule has 0 spiro atoms. The van der Waals surface area contributed by atoms with Crippen LogP contribution in [0.5, 0.6) is 0 Å². The summed E-state index contributed by atoms with van der Waals surface area (Å²) in [7, 11) is 1.53. The maximum absolute atomic E-state index is 12.8. The molecule has 0 aliphatic rings. The molecule has 1 amide bonds. The first-order chi connectivity index (χ1) is 12.7. The van der Waals surface area contributed by atoms with E-state index in [1.54, 1.807) is 10.6 Å². The summed E-state index contributed by atoms with van der Waals surface area (Å²) in [4.78, 5) is 27.6. The normalized spacial score (nSPS) is 11.4. The molecule has 9 heteroatoms. The molecule has 0 saturated carbocycles. The van der Waals surface area contributed by atoms with Gasteiger partial charge in [-0.3, -0.25) is 9.59 Å². The van der Waals surface area contributed by atoms with Crippen LogP contribution in [0.4, 0.5) is 19.0 Å². The van der Waals surface area contributed by atoms with E-state index in [-0.39, 0.29) is 23.5 Å². The highest BCUT2D eigenvalue weighted by Gasteiger charge is 2.30. The molecule has 0 unspecified atom stereocenters. The maximum atomic E-state index is 12.8. The van der Waals surface area contributed by atoms with Crippen molar-refractivity contribution in [3.05, 3.63) is 82.2 Å². The Labute approximate surface area is 151 Å². The van der Waals surface area contributed by atoms with Gasteiger partial charge in [-0.15, -0.1) is 0 Å². The number of amides is 1. The highest BCUT2D eigenvalue weighted by molar-refractivity contribution is 6.03. The Morgan fingerprint density at radius 3 is 2.67 bits per heavy atom. The van der Waals surface area contributed by atoms with Gasteiger partial charge in [0.15, 0.2) is 5.82 Å². The van der Waals surface area contributed by atoms with Gasteiger partial charge in [-0.25, -0.2) is 4.98 Å². The molecule has 140 valence electrons. The quantitative estimate of drug-likeness (QED) is 0.761. The number of pyridine rings is 1. The van der Waals surface area contributed by atoms with Crippen molar-refractivity contribution in [3.8, 4) is 0 Å². The molecule has 1 N–H and O–H groups in total. The molecular formula is C18H15F3N4O2. The summed E-state index contributed by atoms with van der Waals surface area (Å²) < 4.78 is 41.2. The number of benzene rings is 1. The van der Waals surface area contributed by atoms with Crippen LogP contribution in [0.25, 0.3) is 0 Å². The Bertz CT molecular complexity index is 1040. The van der Waals surface area contributed by atoms with Crippen molar-refractivity contribution in [1.82, 2.24) is 14.1 Å². The first-order valence-electron chi connectivity index (χ1n) is 7.88. The number of alkyl halides is 3. The van der Waals surface area contributed by atoms with E-state index in [4.69, 9.17) is 0 Å². The molecule has 3 aromatic rings. The number of hydrogen-bond acceptors (Lipinski definition) is 3. The Hall–Kier alpha value is -3.36. The average molecular weight is 376 g/mol. The lowest BCUT2D eigenvalue weighted by atomic mass is 10.1. The lowest BCUT2D eigenvalue weighted by molar-refractivity contribution is -0.137. The van der Waals surface area contributed by atoms with E-state index >= 15 is 0 Å². The van der Waals surface area contributed by atoms with Gasteiger partial charge >= 0.3 is 6.18 Å². The van der Waals surface area contributed by atoms with Crippen molar-refractivity contribution in [3.63, 3.8) is 0 Å². The molecule has 27 heavy (non-hydrogen) atoms. The second-order valence-electron chi connectivity index (χ2n) is 5.95. The molecule has 0 saturated heterocycles. The third-order valence-electron chi connectivity index (χ3n) is 3.84. The molecular weight excluding hydrogens is 361 g/mol. The SMILES string of the molecule is Cn1cc(C(=O)Nc2cn(Cc3cccc(C(F)(F)F)c3)cn2)ccc1=O. The number of carbonyl (C=O) groups excluding carboxylic acids is 1. The zero-order chi connectivity index (χ0) is 19.6. The number of nitrogens with zero attached hydrogens (tertiary/aromatic N) is 3. The van der Waals surface area contributed by atoms with E-state index in [9.17, 15) is 22.8 Å². The fraction of sp³-hybridized carbons (Fsp3) is 0.167. The van der Waals surface area contributed by atoms with Gasteiger partial charge in [0.2, 0.25) is 5.56 Å². The standard InChI is InChI=1S/C18H15F3N4O2/c1-24-9-13(5-6-16(24)26)17(27)23-15-10-25(11-22-15)8-12-3-2-4-14(7-12)18(19,20)21/h2-7,9-11H,8H2,1H3,(H,23,27). The first kappa shape index (κ1) is 18.4. The number of aryl methyl sites for hydroxylation is 1. The van der Waals surface area contributed by atoms with Crippen LogP contribution >= 0.6 is 0 Å². The Morgan fingerprint density at radius 2 is 1.96 bits per heavy atom. The summed E-state index contributed by atoms with van der Waals surface area (Å²) in [5.74, 6) is -0.198. The number of carbonyl (C=O) groups is 1. The molecule has 0 aliphatic carbocycles. The van der Waals surface area contributed by atoms with Crippen molar-refractivity contribution in [2.45, 2.75) is 12.7 Å². The van der Waals surface area contributed by atoms with E-state index in [1.807, 2.05) is 0 Å². The van der Waals surface area contributed by atoms with Crippen molar-refractivity contribution >= 4 is 11.7 Å². The topological polar surface area (TPSA) is 68.9 Å². The molecule has 0 radical (unpaired) electrons. The molecule has 2 aromatic heterocycles. The lowest BCUT2D eigenvalue weighted by Crippen LogP contribution is -2.19. The number of aromatic nitrogens is 3. The number of hydrogen-bond donors (Lipinski definition) is 1. The maximum Gasteiger partial charge on any atom is 0.416 e. The highest BCUT2D eigenvalue weighted by Crippen LogP contribution is 2.29. The minimum atomic E-state index is -4.40. The lowest BCUT2D eigenvalue weighted by Gasteiger charge is -2.09. The minimum absolute atomic E-state index is 0.173. The van der Waals surface area contributed by atoms with Gasteiger partial charge in [-0.2, -0.15) is 13.2 Å². The summed E-state index contributed by atoms with van der Waals surface area (Å²) in [6.45, 7) is 0.173. The smallest absolute Gasteiger partial charge is 0.331 e. The molecule has 6 nitrogen and oxygen atoms in total. The van der Waals surface area contributed by atoms with Crippen LogP contribution in [0.1, 0.15) is 21.5 Å². The van der Waals surface area contributed by atoms with Crippen LogP contribution in [-0.4, -0.2) is 20.0 Å². The van der Waals surface area contributed by atoms with Gasteiger partial charge in [0.1, 0.15) is 0 Å². The van der Waals surface area contributed by atoms with Gasteiger partial charge in [0.25, 0.3) is 5.91 Å². The van der Waals surface area contributed by atoms with Crippen molar-refractivity contribution < 1.29 is 18.0 Å². The van der Waals surface area contributed by atoms with Crippen molar-refractivity contribution in [2.24, 2.45) is 7.05 Å². The Kier molecular flexibility index (Phi) is 4.85. The van der Waals surface area contributed by atoms with Crippen LogP contribution in [0, 0.1) is 0 Å². The van der Waals surface area contributed by atoms with Gasteiger partial charge in [0, 0.05) is 32.1 Å². The van der Waals surface area contributed by atoms with Gasteiger partial charge in [0.05, 0.1) is 17.5 Å². The first-order valence-corrected chi connectivity index (χ1v) is 7.88. The fourth-order valence-corrected chi connectivity index (χ4v) is 2.48. The summed E-state index contributed by atoms with van der Waals surface area (Å²) in [6, 6.07) is 7.69. The zero-order valence-corrected chi connectivity index (χ0v) is 14.2. The van der Waals surface area contributed by atoms with Crippen LogP contribution in [0.3, 0.4) is 0 Å². The molecule has 0 aliphatic heterocycles. The van der Waals surface area contributed by atoms with E-state index < -0.39 is 17.6 Å². The number of rotatable bonds is 4. The summed E-state index contributed by atoms with van der Waals surface area (Å²) in [5.41, 5.74) is -0.220. The zero-order valence-electron chi connectivity index (χ0n) is 14.2. The number of halogens is 3. The van der Waals surface area contributed by atoms with Gasteiger partial charge < -0.3 is 14.5 Å². The Balaban J connectivity index is 1.71. The van der Waals surface area contributed by atoms with Gasteiger partial charge in [-0.1, -0.05) is 12.1 Å². The molecule has 3 rings (SSSR count). The third kappa shape index (κ3) is 4.43. The Morgan fingerprint density at radius 1 is 1.19 bits per heavy atom. The van der Waals surface area contributed by atoms with Crippen LogP contribution in [0.2, 0.25) is 0 Å². The molecule has 0 atom stereocenters. The van der Waals surface area contributed by atoms with Crippen LogP contribution < -0.4 is 10.9 Å². The molecule has 0 fully saturated rings. The van der Waals surface area contributed by atoms with Gasteiger partial charge in [-0.05, 0) is 23.8 Å². The molecule has 0 bridgehead atoms. The minimum Gasteiger partial charge on any atom is -0.331 e.